The summed E-state index contributed by atoms with van der Waals surface area (Å²) in [5.74, 6) is 0.410. The van der Waals surface area contributed by atoms with Crippen molar-refractivity contribution in [1.82, 2.24) is 13.8 Å². The Morgan fingerprint density at radius 1 is 0.912 bits per heavy atom. The fraction of sp³-hybridized carbons (Fsp3) is 0.360. The number of aryl methyl sites for hydroxylation is 2. The summed E-state index contributed by atoms with van der Waals surface area (Å²) < 4.78 is 35.0. The molecule has 2 aromatic heterocycles. The minimum atomic E-state index is -3.60. The molecule has 34 heavy (non-hydrogen) atoms. The first-order valence-corrected chi connectivity index (χ1v) is 13.0. The Kier molecular flexibility index (Phi) is 6.14. The van der Waals surface area contributed by atoms with E-state index in [9.17, 15) is 18.0 Å². The third kappa shape index (κ3) is 4.45. The smallest absolute Gasteiger partial charge is 0.289 e. The van der Waals surface area contributed by atoms with Gasteiger partial charge in [-0.2, -0.15) is 4.31 Å². The first-order valence-electron chi connectivity index (χ1n) is 11.6. The molecule has 1 aromatic carbocycles. The molecular weight excluding hydrogens is 454 g/mol. The van der Waals surface area contributed by atoms with Gasteiger partial charge in [-0.05, 0) is 67.1 Å². The maximum Gasteiger partial charge on any atom is 0.289 e. The summed E-state index contributed by atoms with van der Waals surface area (Å²) in [6.07, 6.45) is 5.83. The highest BCUT2D eigenvalue weighted by Crippen LogP contribution is 2.26. The van der Waals surface area contributed by atoms with Crippen molar-refractivity contribution in [3.8, 4) is 0 Å². The standard InChI is InChI=1S/C25H27N3O5S/c29-24-7-3-4-12-27(24)18-21-9-11-23(33-21)25(30)26-13-15-28(16-14-26)34(31,32)22-10-8-19-5-1-2-6-20(19)17-22/h3-4,7-12,17H,1-2,5-6,13-16,18H2. The van der Waals surface area contributed by atoms with Gasteiger partial charge in [0.2, 0.25) is 10.0 Å². The molecule has 178 valence electrons. The fourth-order valence-electron chi connectivity index (χ4n) is 4.64. The largest absolute Gasteiger partial charge is 0.454 e. The summed E-state index contributed by atoms with van der Waals surface area (Å²) in [4.78, 5) is 26.7. The van der Waals surface area contributed by atoms with Crippen LogP contribution >= 0.6 is 0 Å². The number of rotatable bonds is 5. The number of hydrogen-bond acceptors (Lipinski definition) is 5. The molecule has 8 nitrogen and oxygen atoms in total. The lowest BCUT2D eigenvalue weighted by atomic mass is 9.92. The van der Waals surface area contributed by atoms with E-state index in [1.165, 1.54) is 20.5 Å². The Bertz CT molecular complexity index is 1370. The first-order chi connectivity index (χ1) is 16.4. The van der Waals surface area contributed by atoms with Gasteiger partial charge < -0.3 is 13.9 Å². The van der Waals surface area contributed by atoms with Crippen molar-refractivity contribution < 1.29 is 17.6 Å². The van der Waals surface area contributed by atoms with Crippen LogP contribution in [0.5, 0.6) is 0 Å². The van der Waals surface area contributed by atoms with Gasteiger partial charge in [0.05, 0.1) is 11.4 Å². The fourth-order valence-corrected chi connectivity index (χ4v) is 6.12. The molecule has 1 aliphatic heterocycles. The number of pyridine rings is 1. The highest BCUT2D eigenvalue weighted by atomic mass is 32.2. The van der Waals surface area contributed by atoms with Crippen LogP contribution in [0.25, 0.3) is 0 Å². The maximum atomic E-state index is 13.2. The third-order valence-corrected chi connectivity index (χ3v) is 8.48. The molecule has 0 saturated carbocycles. The second-order valence-corrected chi connectivity index (χ2v) is 10.7. The van der Waals surface area contributed by atoms with Gasteiger partial charge >= 0.3 is 0 Å². The highest BCUT2D eigenvalue weighted by molar-refractivity contribution is 7.89. The van der Waals surface area contributed by atoms with Crippen molar-refractivity contribution in [2.75, 3.05) is 26.2 Å². The van der Waals surface area contributed by atoms with Gasteiger partial charge in [-0.25, -0.2) is 8.42 Å². The Hall–Kier alpha value is -3.17. The average Bonchev–Trinajstić information content (AvgIpc) is 3.33. The molecule has 1 fully saturated rings. The van der Waals surface area contributed by atoms with Gasteiger partial charge in [-0.3, -0.25) is 9.59 Å². The zero-order chi connectivity index (χ0) is 23.7. The van der Waals surface area contributed by atoms with Gasteiger partial charge in [-0.15, -0.1) is 0 Å². The molecule has 1 saturated heterocycles. The second-order valence-electron chi connectivity index (χ2n) is 8.77. The number of aromatic nitrogens is 1. The third-order valence-electron chi connectivity index (χ3n) is 6.58. The van der Waals surface area contributed by atoms with Gasteiger partial charge in [0.15, 0.2) is 5.76 Å². The number of nitrogens with zero attached hydrogens (tertiary/aromatic N) is 3. The molecule has 0 bridgehead atoms. The molecule has 3 aromatic rings. The predicted octanol–water partition coefficient (Wildman–Crippen LogP) is 2.52. The Labute approximate surface area is 198 Å². The quantitative estimate of drug-likeness (QED) is 0.558. The van der Waals surface area contributed by atoms with Crippen molar-refractivity contribution in [2.24, 2.45) is 0 Å². The number of fused-ring (bicyclic) bond motifs is 1. The number of sulfonamides is 1. The van der Waals surface area contributed by atoms with Crippen molar-refractivity contribution in [1.29, 1.82) is 0 Å². The molecule has 2 aliphatic rings. The summed E-state index contributed by atoms with van der Waals surface area (Å²) in [6.45, 7) is 1.28. The van der Waals surface area contributed by atoms with E-state index < -0.39 is 10.0 Å². The molecule has 1 amide bonds. The van der Waals surface area contributed by atoms with Crippen LogP contribution in [0.2, 0.25) is 0 Å². The molecule has 0 unspecified atom stereocenters. The Balaban J connectivity index is 1.23. The molecule has 9 heteroatoms. The van der Waals surface area contributed by atoms with Crippen LogP contribution in [0.15, 0.2) is 68.8 Å². The predicted molar refractivity (Wildman–Crippen MR) is 126 cm³/mol. The van der Waals surface area contributed by atoms with Gasteiger partial charge in [0.1, 0.15) is 5.76 Å². The Morgan fingerprint density at radius 3 is 2.44 bits per heavy atom. The normalized spacial score (nSPS) is 16.9. The number of benzene rings is 1. The SMILES string of the molecule is O=C(c1ccc(Cn2ccccc2=O)o1)N1CCN(S(=O)(=O)c2ccc3c(c2)CCCC3)CC1. The van der Waals surface area contributed by atoms with E-state index in [4.69, 9.17) is 4.42 Å². The van der Waals surface area contributed by atoms with E-state index in [0.717, 1.165) is 31.2 Å². The zero-order valence-electron chi connectivity index (χ0n) is 18.9. The van der Waals surface area contributed by atoms with E-state index in [1.807, 2.05) is 12.1 Å². The van der Waals surface area contributed by atoms with E-state index in [-0.39, 0.29) is 50.0 Å². The minimum absolute atomic E-state index is 0.150. The highest BCUT2D eigenvalue weighted by Gasteiger charge is 2.31. The molecule has 0 spiro atoms. The van der Waals surface area contributed by atoms with Crippen LogP contribution in [-0.4, -0.2) is 54.3 Å². The summed E-state index contributed by atoms with van der Waals surface area (Å²) >= 11 is 0. The molecule has 5 rings (SSSR count). The number of amides is 1. The molecule has 0 N–H and O–H groups in total. The Morgan fingerprint density at radius 2 is 1.68 bits per heavy atom. The topological polar surface area (TPSA) is 92.8 Å². The van der Waals surface area contributed by atoms with Gasteiger partial charge in [0.25, 0.3) is 11.5 Å². The summed E-state index contributed by atoms with van der Waals surface area (Å²) in [7, 11) is -3.60. The lowest BCUT2D eigenvalue weighted by Crippen LogP contribution is -2.50. The summed E-state index contributed by atoms with van der Waals surface area (Å²) in [6, 6.07) is 13.6. The van der Waals surface area contributed by atoms with Gasteiger partial charge in [0, 0.05) is 38.4 Å². The van der Waals surface area contributed by atoms with Crippen LogP contribution in [0, 0.1) is 0 Å². The monoisotopic (exact) mass is 481 g/mol. The molecule has 0 atom stereocenters. The average molecular weight is 482 g/mol. The van der Waals surface area contributed by atoms with Crippen molar-refractivity contribution in [3.63, 3.8) is 0 Å². The van der Waals surface area contributed by atoms with Crippen LogP contribution in [0.4, 0.5) is 0 Å². The lowest BCUT2D eigenvalue weighted by molar-refractivity contribution is 0.0664. The summed E-state index contributed by atoms with van der Waals surface area (Å²) in [5.41, 5.74) is 2.23. The molecular formula is C25H27N3O5S. The number of carbonyl (C=O) groups excluding carboxylic acids is 1. The van der Waals surface area contributed by atoms with E-state index in [2.05, 4.69) is 0 Å². The minimum Gasteiger partial charge on any atom is -0.454 e. The van der Waals surface area contributed by atoms with E-state index in [1.54, 1.807) is 41.4 Å². The van der Waals surface area contributed by atoms with E-state index in [0.29, 0.717) is 10.7 Å². The molecule has 0 radical (unpaired) electrons. The van der Waals surface area contributed by atoms with Gasteiger partial charge in [-0.1, -0.05) is 12.1 Å². The van der Waals surface area contributed by atoms with Crippen molar-refractivity contribution in [2.45, 2.75) is 37.1 Å². The number of hydrogen-bond donors (Lipinski definition) is 0. The molecule has 1 aliphatic carbocycles. The lowest BCUT2D eigenvalue weighted by Gasteiger charge is -2.33. The van der Waals surface area contributed by atoms with Crippen LogP contribution in [-0.2, 0) is 29.4 Å². The van der Waals surface area contributed by atoms with Crippen LogP contribution < -0.4 is 5.56 Å². The maximum absolute atomic E-state index is 13.2. The second kappa shape index (κ2) is 9.23. The number of carbonyl (C=O) groups is 1. The summed E-state index contributed by atoms with van der Waals surface area (Å²) in [5, 5.41) is 0. The molecule has 3 heterocycles. The van der Waals surface area contributed by atoms with Crippen molar-refractivity contribution >= 4 is 15.9 Å². The number of piperazine rings is 1. The first kappa shape index (κ1) is 22.6. The number of furan rings is 1. The van der Waals surface area contributed by atoms with Crippen LogP contribution in [0.3, 0.4) is 0 Å². The van der Waals surface area contributed by atoms with E-state index >= 15 is 0 Å². The van der Waals surface area contributed by atoms with Crippen LogP contribution in [0.1, 0.15) is 40.3 Å². The van der Waals surface area contributed by atoms with Crippen molar-refractivity contribution in [3.05, 3.63) is 87.7 Å². The zero-order valence-corrected chi connectivity index (χ0v) is 19.7.